The van der Waals surface area contributed by atoms with Gasteiger partial charge < -0.3 is 10.0 Å². The van der Waals surface area contributed by atoms with E-state index in [1.807, 2.05) is 4.90 Å². The number of rotatable bonds is 5. The Labute approximate surface area is 169 Å². The molecule has 1 aromatic rings. The fourth-order valence-corrected chi connectivity index (χ4v) is 4.18. The minimum absolute atomic E-state index is 0.00561. The first kappa shape index (κ1) is 21.6. The summed E-state index contributed by atoms with van der Waals surface area (Å²) < 4.78 is 39.1. The zero-order valence-electron chi connectivity index (χ0n) is 16.8. The third kappa shape index (κ3) is 4.42. The smallest absolute Gasteiger partial charge is 0.376 e. The molecule has 0 unspecified atom stereocenters. The third-order valence-electron chi connectivity index (χ3n) is 6.48. The minimum atomic E-state index is -4.79. The summed E-state index contributed by atoms with van der Waals surface area (Å²) >= 11 is 0. The number of hydrogen-bond donors (Lipinski definition) is 1. The van der Waals surface area contributed by atoms with Gasteiger partial charge >= 0.3 is 6.18 Å². The number of carbonyl (C=O) groups excluding carboxylic acids is 1. The molecule has 2 fully saturated rings. The summed E-state index contributed by atoms with van der Waals surface area (Å²) in [4.78, 5) is 15.1. The molecule has 0 radical (unpaired) electrons. The topological polar surface area (TPSA) is 64.3 Å². The van der Waals surface area contributed by atoms with E-state index in [9.17, 15) is 23.1 Å². The van der Waals surface area contributed by atoms with Gasteiger partial charge in [0.15, 0.2) is 5.60 Å². The second-order valence-electron chi connectivity index (χ2n) is 8.97. The Kier molecular flexibility index (Phi) is 5.70. The number of alkyl halides is 3. The molecule has 0 heterocycles. The van der Waals surface area contributed by atoms with Crippen molar-refractivity contribution in [2.75, 3.05) is 0 Å². The van der Waals surface area contributed by atoms with Crippen LogP contribution in [0.15, 0.2) is 24.3 Å². The summed E-state index contributed by atoms with van der Waals surface area (Å²) in [6.45, 7) is 2.82. The summed E-state index contributed by atoms with van der Waals surface area (Å²) in [6.07, 6.45) is 1.04. The van der Waals surface area contributed by atoms with Gasteiger partial charge in [-0.1, -0.05) is 19.1 Å². The van der Waals surface area contributed by atoms with E-state index >= 15 is 0 Å². The Morgan fingerprint density at radius 3 is 2.14 bits per heavy atom. The van der Waals surface area contributed by atoms with Gasteiger partial charge in [-0.3, -0.25) is 4.79 Å². The highest BCUT2D eigenvalue weighted by molar-refractivity contribution is 5.95. The molecule has 1 amide bonds. The maximum atomic E-state index is 13.2. The van der Waals surface area contributed by atoms with Crippen LogP contribution in [0.25, 0.3) is 0 Å². The summed E-state index contributed by atoms with van der Waals surface area (Å²) in [5, 5.41) is 18.8. The number of nitrogens with zero attached hydrogens (tertiary/aromatic N) is 2. The number of aliphatic hydroxyl groups is 1. The van der Waals surface area contributed by atoms with E-state index in [-0.39, 0.29) is 29.0 Å². The monoisotopic (exact) mass is 408 g/mol. The Balaban J connectivity index is 1.75. The molecule has 0 saturated heterocycles. The van der Waals surface area contributed by atoms with Crippen molar-refractivity contribution in [2.45, 2.75) is 82.7 Å². The molecule has 158 valence electrons. The van der Waals surface area contributed by atoms with Crippen molar-refractivity contribution in [3.8, 4) is 6.07 Å². The first-order chi connectivity index (χ1) is 13.5. The average Bonchev–Trinajstić information content (AvgIpc) is 3.48. The van der Waals surface area contributed by atoms with Gasteiger partial charge in [0.1, 0.15) is 0 Å². The minimum Gasteiger partial charge on any atom is -0.376 e. The van der Waals surface area contributed by atoms with Crippen molar-refractivity contribution in [1.82, 2.24) is 4.90 Å². The van der Waals surface area contributed by atoms with Crippen LogP contribution >= 0.6 is 0 Å². The molecule has 1 atom stereocenters. The molecular weight excluding hydrogens is 381 g/mol. The molecule has 29 heavy (non-hydrogen) atoms. The van der Waals surface area contributed by atoms with Crippen molar-refractivity contribution in [3.63, 3.8) is 0 Å². The van der Waals surface area contributed by atoms with Gasteiger partial charge in [-0.15, -0.1) is 0 Å². The lowest BCUT2D eigenvalue weighted by Gasteiger charge is -2.41. The Hall–Kier alpha value is -2.07. The Morgan fingerprint density at radius 1 is 1.17 bits per heavy atom. The number of hydrogen-bond acceptors (Lipinski definition) is 3. The maximum Gasteiger partial charge on any atom is 0.421 e. The lowest BCUT2D eigenvalue weighted by Crippen LogP contribution is -2.45. The van der Waals surface area contributed by atoms with Crippen LogP contribution in [0, 0.1) is 16.7 Å². The Bertz CT molecular complexity index is 784. The van der Waals surface area contributed by atoms with Gasteiger partial charge in [-0.25, -0.2) is 0 Å². The van der Waals surface area contributed by atoms with Gasteiger partial charge in [-0.2, -0.15) is 18.4 Å². The van der Waals surface area contributed by atoms with Crippen LogP contribution in [0.4, 0.5) is 13.2 Å². The van der Waals surface area contributed by atoms with Gasteiger partial charge in [0.05, 0.1) is 6.07 Å². The molecule has 1 N–H and O–H groups in total. The highest BCUT2D eigenvalue weighted by Crippen LogP contribution is 2.43. The average molecular weight is 408 g/mol. The van der Waals surface area contributed by atoms with Crippen LogP contribution in [-0.2, 0) is 5.60 Å². The van der Waals surface area contributed by atoms with Crippen LogP contribution in [-0.4, -0.2) is 34.2 Å². The lowest BCUT2D eigenvalue weighted by molar-refractivity contribution is -0.258. The van der Waals surface area contributed by atoms with Crippen molar-refractivity contribution in [3.05, 3.63) is 35.4 Å². The molecule has 1 aromatic carbocycles. The van der Waals surface area contributed by atoms with Gasteiger partial charge in [0.25, 0.3) is 5.91 Å². The van der Waals surface area contributed by atoms with Crippen molar-refractivity contribution in [1.29, 1.82) is 5.26 Å². The van der Waals surface area contributed by atoms with Crippen LogP contribution < -0.4 is 0 Å². The van der Waals surface area contributed by atoms with Gasteiger partial charge in [0.2, 0.25) is 0 Å². The fraction of sp³-hybridized carbons (Fsp3) is 0.636. The Morgan fingerprint density at radius 2 is 1.69 bits per heavy atom. The molecule has 7 heteroatoms. The van der Waals surface area contributed by atoms with Crippen molar-refractivity contribution >= 4 is 5.91 Å². The number of amides is 1. The molecule has 0 spiro atoms. The number of nitriles is 1. The summed E-state index contributed by atoms with van der Waals surface area (Å²) in [5.74, 6) is -0.167. The zero-order chi connectivity index (χ0) is 21.4. The van der Waals surface area contributed by atoms with Gasteiger partial charge in [-0.05, 0) is 68.6 Å². The summed E-state index contributed by atoms with van der Waals surface area (Å²) in [7, 11) is 0. The molecule has 2 aliphatic carbocycles. The SMILES string of the molecule is C[C@](O)(c1ccc(C(=O)N(C2CC2)[C@H]2CC[C@](C)(CC#N)CC2)cc1)C(F)(F)F. The highest BCUT2D eigenvalue weighted by Gasteiger charge is 2.51. The van der Waals surface area contributed by atoms with Crippen LogP contribution in [0.5, 0.6) is 0 Å². The quantitative estimate of drug-likeness (QED) is 0.752. The van der Waals surface area contributed by atoms with Crippen LogP contribution in [0.2, 0.25) is 0 Å². The number of carbonyl (C=O) groups is 1. The molecule has 2 aliphatic rings. The van der Waals surface area contributed by atoms with E-state index in [4.69, 9.17) is 5.26 Å². The number of benzene rings is 1. The van der Waals surface area contributed by atoms with Crippen LogP contribution in [0.3, 0.4) is 0 Å². The second kappa shape index (κ2) is 7.64. The predicted octanol–water partition coefficient (Wildman–Crippen LogP) is 4.92. The van der Waals surface area contributed by atoms with E-state index in [1.54, 1.807) is 0 Å². The molecule has 0 bridgehead atoms. The number of halogens is 3. The van der Waals surface area contributed by atoms with Gasteiger partial charge in [0, 0.05) is 24.1 Å². The summed E-state index contributed by atoms with van der Waals surface area (Å²) in [5.41, 5.74) is -2.92. The molecule has 4 nitrogen and oxygen atoms in total. The fourth-order valence-electron chi connectivity index (χ4n) is 4.18. The van der Waals surface area contributed by atoms with Crippen LogP contribution in [0.1, 0.15) is 74.7 Å². The second-order valence-corrected chi connectivity index (χ2v) is 8.97. The largest absolute Gasteiger partial charge is 0.421 e. The van der Waals surface area contributed by atoms with Crippen molar-refractivity contribution < 1.29 is 23.1 Å². The zero-order valence-corrected chi connectivity index (χ0v) is 16.8. The lowest BCUT2D eigenvalue weighted by atomic mass is 9.72. The predicted molar refractivity (Wildman–Crippen MR) is 102 cm³/mol. The van der Waals surface area contributed by atoms with Crippen molar-refractivity contribution in [2.24, 2.45) is 5.41 Å². The van der Waals surface area contributed by atoms with E-state index in [0.29, 0.717) is 18.9 Å². The first-order valence-electron chi connectivity index (χ1n) is 10.1. The first-order valence-corrected chi connectivity index (χ1v) is 10.1. The molecule has 2 saturated carbocycles. The standard InChI is InChI=1S/C22H27F3N2O2/c1-20(13-14-26)11-9-18(10-12-20)27(17-7-8-17)19(28)15-3-5-16(6-4-15)21(2,29)22(23,24)25/h3-6,17-18,29H,7-13H2,1-2H3/t18-,20-,21-/m0/s1. The van der Waals surface area contributed by atoms with E-state index < -0.39 is 11.8 Å². The normalized spacial score (nSPS) is 27.0. The van der Waals surface area contributed by atoms with E-state index in [0.717, 1.165) is 38.5 Å². The molecule has 0 aliphatic heterocycles. The summed E-state index contributed by atoms with van der Waals surface area (Å²) in [6, 6.07) is 7.63. The van der Waals surface area contributed by atoms with E-state index in [1.165, 1.54) is 24.3 Å². The maximum absolute atomic E-state index is 13.2. The third-order valence-corrected chi connectivity index (χ3v) is 6.48. The molecular formula is C22H27F3N2O2. The highest BCUT2D eigenvalue weighted by atomic mass is 19.4. The molecule has 3 rings (SSSR count). The molecule has 0 aromatic heterocycles. The van der Waals surface area contributed by atoms with E-state index in [2.05, 4.69) is 13.0 Å².